The summed E-state index contributed by atoms with van der Waals surface area (Å²) in [6.45, 7) is 0.729. The number of aromatic nitrogens is 2. The van der Waals surface area contributed by atoms with E-state index in [-0.39, 0.29) is 5.69 Å². The Balaban J connectivity index is 2.02. The molecule has 0 unspecified atom stereocenters. The lowest BCUT2D eigenvalue weighted by molar-refractivity contribution is 0.0690. The van der Waals surface area contributed by atoms with Gasteiger partial charge in [0.15, 0.2) is 5.69 Å². The van der Waals surface area contributed by atoms with Crippen molar-refractivity contribution in [1.82, 2.24) is 9.97 Å². The number of likely N-dealkylation sites (N-methyl/N-ethyl adjacent to an activating group) is 1. The number of rotatable bonds is 5. The van der Waals surface area contributed by atoms with Gasteiger partial charge in [0.25, 0.3) is 0 Å². The van der Waals surface area contributed by atoms with E-state index in [0.717, 1.165) is 18.7 Å². The molecule has 2 aromatic heterocycles. The first-order valence-corrected chi connectivity index (χ1v) is 5.98. The fourth-order valence-electron chi connectivity index (χ4n) is 1.70. The molecular formula is C14H15N3O2. The fraction of sp³-hybridized carbons (Fsp3) is 0.214. The quantitative estimate of drug-likeness (QED) is 0.885. The van der Waals surface area contributed by atoms with Crippen molar-refractivity contribution < 1.29 is 9.90 Å². The second kappa shape index (κ2) is 5.95. The summed E-state index contributed by atoms with van der Waals surface area (Å²) in [6, 6.07) is 10.8. The van der Waals surface area contributed by atoms with Gasteiger partial charge in [0.05, 0.1) is 0 Å². The second-order valence-corrected chi connectivity index (χ2v) is 4.18. The number of carboxylic acid groups (broad SMARTS) is 1. The number of pyridine rings is 2. The molecule has 5 nitrogen and oxygen atoms in total. The maximum absolute atomic E-state index is 10.9. The summed E-state index contributed by atoms with van der Waals surface area (Å²) in [4.78, 5) is 21.1. The molecule has 0 aliphatic heterocycles. The molecule has 19 heavy (non-hydrogen) atoms. The van der Waals surface area contributed by atoms with E-state index in [0.29, 0.717) is 5.82 Å². The van der Waals surface area contributed by atoms with Crippen LogP contribution in [0, 0.1) is 0 Å². The second-order valence-electron chi connectivity index (χ2n) is 4.18. The van der Waals surface area contributed by atoms with E-state index in [4.69, 9.17) is 5.11 Å². The molecule has 2 aromatic rings. The summed E-state index contributed by atoms with van der Waals surface area (Å²) >= 11 is 0. The van der Waals surface area contributed by atoms with Crippen LogP contribution in [0.3, 0.4) is 0 Å². The standard InChI is InChI=1S/C14H15N3O2/c1-17(10-8-11-5-2-3-9-15-11)13-7-4-6-12(16-13)14(18)19/h2-7,9H,8,10H2,1H3,(H,18,19). The van der Waals surface area contributed by atoms with E-state index >= 15 is 0 Å². The molecule has 0 saturated heterocycles. The van der Waals surface area contributed by atoms with Gasteiger partial charge in [0, 0.05) is 31.9 Å². The Morgan fingerprint density at radius 1 is 1.26 bits per heavy atom. The molecule has 0 aromatic carbocycles. The molecule has 0 spiro atoms. The van der Waals surface area contributed by atoms with E-state index in [1.165, 1.54) is 6.07 Å². The van der Waals surface area contributed by atoms with Gasteiger partial charge in [-0.2, -0.15) is 0 Å². The highest BCUT2D eigenvalue weighted by molar-refractivity contribution is 5.85. The highest BCUT2D eigenvalue weighted by atomic mass is 16.4. The van der Waals surface area contributed by atoms with Crippen molar-refractivity contribution in [2.45, 2.75) is 6.42 Å². The number of hydrogen-bond acceptors (Lipinski definition) is 4. The van der Waals surface area contributed by atoms with E-state index in [9.17, 15) is 4.79 Å². The Kier molecular flexibility index (Phi) is 4.07. The van der Waals surface area contributed by atoms with Crippen LogP contribution in [0.1, 0.15) is 16.2 Å². The molecule has 0 atom stereocenters. The number of aromatic carboxylic acids is 1. The zero-order chi connectivity index (χ0) is 13.7. The third-order valence-corrected chi connectivity index (χ3v) is 2.77. The number of carboxylic acids is 1. The fourth-order valence-corrected chi connectivity index (χ4v) is 1.70. The first-order chi connectivity index (χ1) is 9.16. The summed E-state index contributed by atoms with van der Waals surface area (Å²) < 4.78 is 0. The smallest absolute Gasteiger partial charge is 0.354 e. The Hall–Kier alpha value is -2.43. The molecule has 0 fully saturated rings. The van der Waals surface area contributed by atoms with Crippen LogP contribution in [-0.2, 0) is 6.42 Å². The third-order valence-electron chi connectivity index (χ3n) is 2.77. The molecule has 0 amide bonds. The van der Waals surface area contributed by atoms with Crippen LogP contribution >= 0.6 is 0 Å². The van der Waals surface area contributed by atoms with Crippen molar-refractivity contribution in [2.24, 2.45) is 0 Å². The zero-order valence-corrected chi connectivity index (χ0v) is 10.7. The van der Waals surface area contributed by atoms with Gasteiger partial charge in [-0.3, -0.25) is 4.98 Å². The molecule has 0 aliphatic rings. The first-order valence-electron chi connectivity index (χ1n) is 5.98. The topological polar surface area (TPSA) is 66.3 Å². The van der Waals surface area contributed by atoms with Crippen molar-refractivity contribution in [3.8, 4) is 0 Å². The number of carbonyl (C=O) groups is 1. The van der Waals surface area contributed by atoms with Crippen molar-refractivity contribution >= 4 is 11.8 Å². The average molecular weight is 257 g/mol. The summed E-state index contributed by atoms with van der Waals surface area (Å²) in [5.41, 5.74) is 1.06. The Morgan fingerprint density at radius 3 is 2.79 bits per heavy atom. The Bertz CT molecular complexity index is 558. The normalized spacial score (nSPS) is 10.2. The van der Waals surface area contributed by atoms with Gasteiger partial charge in [-0.05, 0) is 24.3 Å². The van der Waals surface area contributed by atoms with Crippen molar-refractivity contribution in [3.63, 3.8) is 0 Å². The summed E-state index contributed by atoms with van der Waals surface area (Å²) in [5.74, 6) is -0.365. The van der Waals surface area contributed by atoms with Crippen LogP contribution in [0.25, 0.3) is 0 Å². The summed E-state index contributed by atoms with van der Waals surface area (Å²) in [6.07, 6.45) is 2.55. The van der Waals surface area contributed by atoms with Gasteiger partial charge in [0.2, 0.25) is 0 Å². The average Bonchev–Trinajstić information content (AvgIpc) is 2.46. The number of anilines is 1. The molecule has 0 radical (unpaired) electrons. The van der Waals surface area contributed by atoms with E-state index < -0.39 is 5.97 Å². The molecule has 0 bridgehead atoms. The lowest BCUT2D eigenvalue weighted by atomic mass is 10.2. The third kappa shape index (κ3) is 3.51. The summed E-state index contributed by atoms with van der Waals surface area (Å²) in [7, 11) is 1.89. The highest BCUT2D eigenvalue weighted by Crippen LogP contribution is 2.10. The van der Waals surface area contributed by atoms with Crippen molar-refractivity contribution in [3.05, 3.63) is 54.0 Å². The number of hydrogen-bond donors (Lipinski definition) is 1. The highest BCUT2D eigenvalue weighted by Gasteiger charge is 2.08. The largest absolute Gasteiger partial charge is 0.477 e. The number of nitrogens with zero attached hydrogens (tertiary/aromatic N) is 3. The van der Waals surface area contributed by atoms with Gasteiger partial charge < -0.3 is 10.0 Å². The predicted octanol–water partition coefficient (Wildman–Crippen LogP) is 1.85. The monoisotopic (exact) mass is 257 g/mol. The molecule has 1 N–H and O–H groups in total. The lowest BCUT2D eigenvalue weighted by Gasteiger charge is -2.18. The SMILES string of the molecule is CN(CCc1ccccn1)c1cccc(C(=O)O)n1. The minimum Gasteiger partial charge on any atom is -0.477 e. The van der Waals surface area contributed by atoms with Gasteiger partial charge in [-0.15, -0.1) is 0 Å². The molecule has 0 aliphatic carbocycles. The predicted molar refractivity (Wildman–Crippen MR) is 72.4 cm³/mol. The molecular weight excluding hydrogens is 242 g/mol. The van der Waals surface area contributed by atoms with E-state index in [2.05, 4.69) is 9.97 Å². The minimum atomic E-state index is -1.01. The Morgan fingerprint density at radius 2 is 2.11 bits per heavy atom. The van der Waals surface area contributed by atoms with E-state index in [1.54, 1.807) is 18.3 Å². The molecule has 0 saturated carbocycles. The van der Waals surface area contributed by atoms with Crippen LogP contribution in [0.2, 0.25) is 0 Å². The maximum Gasteiger partial charge on any atom is 0.354 e. The lowest BCUT2D eigenvalue weighted by Crippen LogP contribution is -2.22. The maximum atomic E-state index is 10.9. The van der Waals surface area contributed by atoms with Crippen molar-refractivity contribution in [1.29, 1.82) is 0 Å². The summed E-state index contributed by atoms with van der Waals surface area (Å²) in [5, 5.41) is 8.91. The molecule has 98 valence electrons. The minimum absolute atomic E-state index is 0.0576. The van der Waals surface area contributed by atoms with Gasteiger partial charge >= 0.3 is 5.97 Å². The van der Waals surface area contributed by atoms with Crippen molar-refractivity contribution in [2.75, 3.05) is 18.5 Å². The van der Waals surface area contributed by atoms with Gasteiger partial charge in [-0.25, -0.2) is 9.78 Å². The zero-order valence-electron chi connectivity index (χ0n) is 10.7. The van der Waals surface area contributed by atoms with Crippen LogP contribution in [0.5, 0.6) is 0 Å². The molecule has 2 rings (SSSR count). The van der Waals surface area contributed by atoms with Gasteiger partial charge in [0.1, 0.15) is 5.82 Å². The van der Waals surface area contributed by atoms with Crippen LogP contribution < -0.4 is 4.90 Å². The Labute approximate surface area is 111 Å². The van der Waals surface area contributed by atoms with Crippen LogP contribution in [-0.4, -0.2) is 34.6 Å². The first kappa shape index (κ1) is 13.0. The molecule has 2 heterocycles. The van der Waals surface area contributed by atoms with Gasteiger partial charge in [-0.1, -0.05) is 12.1 Å². The van der Waals surface area contributed by atoms with Crippen LogP contribution in [0.4, 0.5) is 5.82 Å². The molecule has 5 heteroatoms. The van der Waals surface area contributed by atoms with E-state index in [1.807, 2.05) is 30.1 Å². The van der Waals surface area contributed by atoms with Crippen LogP contribution in [0.15, 0.2) is 42.6 Å².